The van der Waals surface area contributed by atoms with Crippen LogP contribution in [0.4, 0.5) is 5.69 Å². The van der Waals surface area contributed by atoms with Crippen molar-refractivity contribution in [3.05, 3.63) is 102 Å². The Hall–Kier alpha value is -3.63. The summed E-state index contributed by atoms with van der Waals surface area (Å²) >= 11 is 0. The standard InChI is InChI=1S/C27H25N3O/c1-4-10-22(11-5-1)16-17-25-27(29-18-20-31-21-19-29)26(23-12-6-2-7-13-23)28-30(25)24-14-8-3-9-15-24/h1-17H,18-21H2/b17-16+. The van der Waals surface area contributed by atoms with Gasteiger partial charge in [0, 0.05) is 18.7 Å². The zero-order chi connectivity index (χ0) is 20.9. The highest BCUT2D eigenvalue weighted by Crippen LogP contribution is 2.36. The molecule has 4 aromatic rings. The summed E-state index contributed by atoms with van der Waals surface area (Å²) in [6.45, 7) is 3.16. The van der Waals surface area contributed by atoms with Crippen LogP contribution in [0.25, 0.3) is 29.1 Å². The van der Waals surface area contributed by atoms with Crippen molar-refractivity contribution >= 4 is 17.8 Å². The molecule has 1 aliphatic rings. The van der Waals surface area contributed by atoms with Crippen molar-refractivity contribution in [2.24, 2.45) is 0 Å². The number of benzene rings is 3. The van der Waals surface area contributed by atoms with Gasteiger partial charge in [-0.3, -0.25) is 0 Å². The van der Waals surface area contributed by atoms with E-state index in [0.717, 1.165) is 60.2 Å². The van der Waals surface area contributed by atoms with Crippen LogP contribution in [0.2, 0.25) is 0 Å². The maximum Gasteiger partial charge on any atom is 0.117 e. The van der Waals surface area contributed by atoms with Crippen molar-refractivity contribution in [2.75, 3.05) is 31.2 Å². The van der Waals surface area contributed by atoms with E-state index >= 15 is 0 Å². The van der Waals surface area contributed by atoms with Gasteiger partial charge < -0.3 is 9.64 Å². The lowest BCUT2D eigenvalue weighted by atomic mass is 10.1. The zero-order valence-corrected chi connectivity index (χ0v) is 17.4. The summed E-state index contributed by atoms with van der Waals surface area (Å²) in [7, 11) is 0. The van der Waals surface area contributed by atoms with E-state index in [1.807, 2.05) is 18.2 Å². The van der Waals surface area contributed by atoms with Crippen molar-refractivity contribution < 1.29 is 4.74 Å². The molecule has 1 fully saturated rings. The molecule has 0 N–H and O–H groups in total. The van der Waals surface area contributed by atoms with Gasteiger partial charge in [0.25, 0.3) is 0 Å². The number of hydrogen-bond donors (Lipinski definition) is 0. The summed E-state index contributed by atoms with van der Waals surface area (Å²) in [4.78, 5) is 2.41. The molecule has 0 spiro atoms. The molecule has 154 valence electrons. The van der Waals surface area contributed by atoms with Gasteiger partial charge in [-0.05, 0) is 23.8 Å². The minimum absolute atomic E-state index is 0.729. The second-order valence-electron chi connectivity index (χ2n) is 7.54. The van der Waals surface area contributed by atoms with Crippen LogP contribution in [0.5, 0.6) is 0 Å². The van der Waals surface area contributed by atoms with E-state index in [-0.39, 0.29) is 0 Å². The molecular weight excluding hydrogens is 382 g/mol. The molecule has 0 aliphatic carbocycles. The van der Waals surface area contributed by atoms with Crippen molar-refractivity contribution in [1.29, 1.82) is 0 Å². The Balaban J connectivity index is 1.72. The molecule has 0 atom stereocenters. The van der Waals surface area contributed by atoms with Crippen LogP contribution in [0.15, 0.2) is 91.0 Å². The Morgan fingerprint density at radius 2 is 1.32 bits per heavy atom. The SMILES string of the molecule is C(=C\c1c(N2CCOCC2)c(-c2ccccc2)nn1-c1ccccc1)/c1ccccc1. The number of nitrogens with zero attached hydrogens (tertiary/aromatic N) is 3. The molecule has 4 heteroatoms. The van der Waals surface area contributed by atoms with Gasteiger partial charge in [-0.15, -0.1) is 0 Å². The van der Waals surface area contributed by atoms with E-state index in [0.29, 0.717) is 0 Å². The normalized spacial score (nSPS) is 14.3. The molecule has 4 nitrogen and oxygen atoms in total. The molecule has 0 amide bonds. The van der Waals surface area contributed by atoms with Crippen molar-refractivity contribution in [3.8, 4) is 16.9 Å². The summed E-state index contributed by atoms with van der Waals surface area (Å²) in [6, 6.07) is 31.2. The highest BCUT2D eigenvalue weighted by Gasteiger charge is 2.25. The van der Waals surface area contributed by atoms with Gasteiger partial charge >= 0.3 is 0 Å². The Morgan fingerprint density at radius 1 is 0.710 bits per heavy atom. The number of para-hydroxylation sites is 1. The first-order valence-corrected chi connectivity index (χ1v) is 10.7. The third-order valence-electron chi connectivity index (χ3n) is 5.50. The van der Waals surface area contributed by atoms with E-state index in [1.165, 1.54) is 0 Å². The number of aromatic nitrogens is 2. The van der Waals surface area contributed by atoms with Gasteiger partial charge in [-0.2, -0.15) is 5.10 Å². The van der Waals surface area contributed by atoms with Gasteiger partial charge in [0.1, 0.15) is 5.69 Å². The van der Waals surface area contributed by atoms with Crippen LogP contribution in [-0.2, 0) is 4.74 Å². The topological polar surface area (TPSA) is 30.3 Å². The molecule has 1 aromatic heterocycles. The molecule has 0 unspecified atom stereocenters. The van der Waals surface area contributed by atoms with Crippen LogP contribution in [0.1, 0.15) is 11.3 Å². The van der Waals surface area contributed by atoms with E-state index in [1.54, 1.807) is 0 Å². The lowest BCUT2D eigenvalue weighted by Crippen LogP contribution is -2.36. The third-order valence-corrected chi connectivity index (χ3v) is 5.50. The Bertz CT molecular complexity index is 1150. The Morgan fingerprint density at radius 3 is 2.00 bits per heavy atom. The first-order chi connectivity index (χ1) is 15.4. The monoisotopic (exact) mass is 407 g/mol. The largest absolute Gasteiger partial charge is 0.378 e. The fourth-order valence-corrected chi connectivity index (χ4v) is 3.97. The molecule has 2 heterocycles. The molecule has 0 bridgehead atoms. The summed E-state index contributed by atoms with van der Waals surface area (Å²) in [5.74, 6) is 0. The van der Waals surface area contributed by atoms with Gasteiger partial charge in [-0.1, -0.05) is 84.9 Å². The average molecular weight is 408 g/mol. The predicted molar refractivity (Wildman–Crippen MR) is 127 cm³/mol. The molecule has 31 heavy (non-hydrogen) atoms. The summed E-state index contributed by atoms with van der Waals surface area (Å²) in [5.41, 5.74) is 6.57. The molecule has 1 saturated heterocycles. The van der Waals surface area contributed by atoms with Crippen molar-refractivity contribution in [2.45, 2.75) is 0 Å². The third kappa shape index (κ3) is 4.16. The van der Waals surface area contributed by atoms with Crippen LogP contribution in [-0.4, -0.2) is 36.1 Å². The summed E-state index contributed by atoms with van der Waals surface area (Å²) < 4.78 is 7.70. The molecule has 0 saturated carbocycles. The van der Waals surface area contributed by atoms with E-state index in [9.17, 15) is 0 Å². The zero-order valence-electron chi connectivity index (χ0n) is 17.4. The first-order valence-electron chi connectivity index (χ1n) is 10.7. The smallest absolute Gasteiger partial charge is 0.117 e. The first kappa shape index (κ1) is 19.3. The highest BCUT2D eigenvalue weighted by molar-refractivity contribution is 5.86. The number of ether oxygens (including phenoxy) is 1. The summed E-state index contributed by atoms with van der Waals surface area (Å²) in [6.07, 6.45) is 4.35. The van der Waals surface area contributed by atoms with Gasteiger partial charge in [0.2, 0.25) is 0 Å². The fraction of sp³-hybridized carbons (Fsp3) is 0.148. The van der Waals surface area contributed by atoms with Crippen LogP contribution >= 0.6 is 0 Å². The van der Waals surface area contributed by atoms with Crippen molar-refractivity contribution in [3.63, 3.8) is 0 Å². The second-order valence-corrected chi connectivity index (χ2v) is 7.54. The highest BCUT2D eigenvalue weighted by atomic mass is 16.5. The molecule has 1 aliphatic heterocycles. The van der Waals surface area contributed by atoms with E-state index in [2.05, 4.69) is 94.5 Å². The van der Waals surface area contributed by atoms with Gasteiger partial charge in [-0.25, -0.2) is 4.68 Å². The Kier molecular flexibility index (Phi) is 5.63. The minimum Gasteiger partial charge on any atom is -0.378 e. The van der Waals surface area contributed by atoms with Gasteiger partial charge in [0.05, 0.1) is 30.3 Å². The van der Waals surface area contributed by atoms with Crippen LogP contribution in [0.3, 0.4) is 0 Å². The quantitative estimate of drug-likeness (QED) is 0.435. The number of rotatable bonds is 5. The summed E-state index contributed by atoms with van der Waals surface area (Å²) in [5, 5.41) is 5.12. The van der Waals surface area contributed by atoms with E-state index in [4.69, 9.17) is 9.84 Å². The van der Waals surface area contributed by atoms with Crippen LogP contribution < -0.4 is 4.90 Å². The number of anilines is 1. The maximum atomic E-state index is 5.64. The number of morpholine rings is 1. The predicted octanol–water partition coefficient (Wildman–Crippen LogP) is 5.55. The molecule has 5 rings (SSSR count). The maximum absolute atomic E-state index is 5.64. The van der Waals surface area contributed by atoms with Crippen LogP contribution in [0, 0.1) is 0 Å². The molecular formula is C27H25N3O. The van der Waals surface area contributed by atoms with E-state index < -0.39 is 0 Å². The van der Waals surface area contributed by atoms with Gasteiger partial charge in [0.15, 0.2) is 0 Å². The number of hydrogen-bond acceptors (Lipinski definition) is 3. The lowest BCUT2D eigenvalue weighted by Gasteiger charge is -2.29. The fourth-order valence-electron chi connectivity index (χ4n) is 3.97. The Labute approximate surface area is 183 Å². The molecule has 3 aromatic carbocycles. The average Bonchev–Trinajstić information content (AvgIpc) is 3.24. The second kappa shape index (κ2) is 9.02. The lowest BCUT2D eigenvalue weighted by molar-refractivity contribution is 0.122. The van der Waals surface area contributed by atoms with Crippen molar-refractivity contribution in [1.82, 2.24) is 9.78 Å². The minimum atomic E-state index is 0.729. The molecule has 0 radical (unpaired) electrons.